The second-order valence-corrected chi connectivity index (χ2v) is 6.09. The zero-order valence-electron chi connectivity index (χ0n) is 12.2. The molecule has 0 radical (unpaired) electrons. The van der Waals surface area contributed by atoms with Crippen molar-refractivity contribution >= 4 is 0 Å². The monoisotopic (exact) mass is 270 g/mol. The Morgan fingerprint density at radius 1 is 1.26 bits per heavy atom. The fraction of sp³-hybridized carbons (Fsp3) is 1.00. The van der Waals surface area contributed by atoms with Gasteiger partial charge in [0.05, 0.1) is 6.61 Å². The molecule has 0 aromatic heterocycles. The SMILES string of the molecule is COCC(CCO)NC1CCCCC1C1CCCN1. The zero-order chi connectivity index (χ0) is 13.5. The van der Waals surface area contributed by atoms with E-state index in [4.69, 9.17) is 9.84 Å². The van der Waals surface area contributed by atoms with Crippen LogP contribution < -0.4 is 10.6 Å². The average molecular weight is 270 g/mol. The second kappa shape index (κ2) is 8.20. The first-order valence-electron chi connectivity index (χ1n) is 7.94. The standard InChI is InChI=1S/C15H30N2O2/c1-19-11-12(8-10-18)17-15-6-3-2-5-13(15)14-7-4-9-16-14/h12-18H,2-11H2,1H3. The lowest BCUT2D eigenvalue weighted by molar-refractivity contribution is 0.121. The molecule has 0 amide bonds. The molecule has 4 heteroatoms. The minimum absolute atomic E-state index is 0.236. The molecular formula is C15H30N2O2. The Morgan fingerprint density at radius 2 is 2.11 bits per heavy atom. The van der Waals surface area contributed by atoms with E-state index in [9.17, 15) is 0 Å². The van der Waals surface area contributed by atoms with Gasteiger partial charge in [0.15, 0.2) is 0 Å². The van der Waals surface area contributed by atoms with Crippen molar-refractivity contribution in [3.8, 4) is 0 Å². The molecule has 19 heavy (non-hydrogen) atoms. The lowest BCUT2D eigenvalue weighted by atomic mass is 9.79. The third-order valence-corrected chi connectivity index (χ3v) is 4.73. The molecule has 1 heterocycles. The second-order valence-electron chi connectivity index (χ2n) is 6.09. The van der Waals surface area contributed by atoms with Gasteiger partial charge >= 0.3 is 0 Å². The van der Waals surface area contributed by atoms with Crippen molar-refractivity contribution in [3.63, 3.8) is 0 Å². The van der Waals surface area contributed by atoms with Crippen LogP contribution in [0.5, 0.6) is 0 Å². The molecule has 1 aliphatic carbocycles. The van der Waals surface area contributed by atoms with Crippen molar-refractivity contribution in [2.24, 2.45) is 5.92 Å². The summed E-state index contributed by atoms with van der Waals surface area (Å²) < 4.78 is 5.27. The van der Waals surface area contributed by atoms with Gasteiger partial charge in [-0.15, -0.1) is 0 Å². The molecule has 4 unspecified atom stereocenters. The summed E-state index contributed by atoms with van der Waals surface area (Å²) in [5.41, 5.74) is 0. The van der Waals surface area contributed by atoms with E-state index >= 15 is 0 Å². The number of aliphatic hydroxyl groups is 1. The average Bonchev–Trinajstić information content (AvgIpc) is 2.94. The number of hydrogen-bond acceptors (Lipinski definition) is 4. The highest BCUT2D eigenvalue weighted by Crippen LogP contribution is 2.31. The van der Waals surface area contributed by atoms with Crippen LogP contribution in [0.25, 0.3) is 0 Å². The number of nitrogens with one attached hydrogen (secondary N) is 2. The maximum atomic E-state index is 9.16. The molecule has 2 aliphatic rings. The first-order chi connectivity index (χ1) is 9.35. The number of rotatable bonds is 7. The number of hydrogen-bond donors (Lipinski definition) is 3. The molecule has 0 aromatic rings. The van der Waals surface area contributed by atoms with Crippen LogP contribution in [0.2, 0.25) is 0 Å². The summed E-state index contributed by atoms with van der Waals surface area (Å²) in [6.45, 7) is 2.12. The van der Waals surface area contributed by atoms with Gasteiger partial charge in [-0.25, -0.2) is 0 Å². The molecule has 1 saturated carbocycles. The third-order valence-electron chi connectivity index (χ3n) is 4.73. The predicted octanol–water partition coefficient (Wildman–Crippen LogP) is 1.28. The molecule has 4 nitrogen and oxygen atoms in total. The summed E-state index contributed by atoms with van der Waals surface area (Å²) in [6.07, 6.45) is 8.76. The molecule has 2 fully saturated rings. The highest BCUT2D eigenvalue weighted by atomic mass is 16.5. The first kappa shape index (κ1) is 15.2. The Balaban J connectivity index is 1.89. The van der Waals surface area contributed by atoms with Crippen LogP contribution >= 0.6 is 0 Å². The molecule has 0 bridgehead atoms. The van der Waals surface area contributed by atoms with E-state index in [0.29, 0.717) is 24.7 Å². The van der Waals surface area contributed by atoms with Gasteiger partial charge in [0, 0.05) is 31.8 Å². The highest BCUT2D eigenvalue weighted by molar-refractivity contribution is 4.92. The summed E-state index contributed by atoms with van der Waals surface area (Å²) in [6, 6.07) is 1.59. The predicted molar refractivity (Wildman–Crippen MR) is 77.3 cm³/mol. The van der Waals surface area contributed by atoms with Crippen LogP contribution in [0.4, 0.5) is 0 Å². The highest BCUT2D eigenvalue weighted by Gasteiger charge is 2.33. The lowest BCUT2D eigenvalue weighted by Gasteiger charge is -2.38. The Morgan fingerprint density at radius 3 is 2.79 bits per heavy atom. The van der Waals surface area contributed by atoms with E-state index in [1.165, 1.54) is 45.1 Å². The summed E-state index contributed by atoms with van der Waals surface area (Å²) in [5, 5.41) is 16.6. The van der Waals surface area contributed by atoms with E-state index in [-0.39, 0.29) is 6.61 Å². The first-order valence-corrected chi connectivity index (χ1v) is 7.94. The van der Waals surface area contributed by atoms with Gasteiger partial charge in [0.2, 0.25) is 0 Å². The van der Waals surface area contributed by atoms with Crippen molar-refractivity contribution in [1.82, 2.24) is 10.6 Å². The van der Waals surface area contributed by atoms with Gasteiger partial charge in [0.1, 0.15) is 0 Å². The summed E-state index contributed by atoms with van der Waals surface area (Å²) in [5.74, 6) is 0.759. The Kier molecular flexibility index (Phi) is 6.57. The van der Waals surface area contributed by atoms with E-state index < -0.39 is 0 Å². The van der Waals surface area contributed by atoms with E-state index in [1.807, 2.05) is 0 Å². The maximum absolute atomic E-state index is 9.16. The minimum Gasteiger partial charge on any atom is -0.396 e. The van der Waals surface area contributed by atoms with E-state index in [1.54, 1.807) is 7.11 Å². The van der Waals surface area contributed by atoms with Crippen molar-refractivity contribution in [2.45, 2.75) is 63.1 Å². The molecule has 1 aliphatic heterocycles. The molecule has 0 aromatic carbocycles. The van der Waals surface area contributed by atoms with Gasteiger partial charge in [-0.1, -0.05) is 12.8 Å². The zero-order valence-corrected chi connectivity index (χ0v) is 12.2. The Bertz CT molecular complexity index is 238. The molecule has 3 N–H and O–H groups in total. The third kappa shape index (κ3) is 4.42. The summed E-state index contributed by atoms with van der Waals surface area (Å²) in [4.78, 5) is 0. The smallest absolute Gasteiger partial charge is 0.0616 e. The van der Waals surface area contributed by atoms with Gasteiger partial charge in [-0.2, -0.15) is 0 Å². The van der Waals surface area contributed by atoms with Crippen molar-refractivity contribution < 1.29 is 9.84 Å². The van der Waals surface area contributed by atoms with Crippen LogP contribution in [0.1, 0.15) is 44.9 Å². The minimum atomic E-state index is 0.236. The quantitative estimate of drug-likeness (QED) is 0.652. The van der Waals surface area contributed by atoms with Crippen LogP contribution in [-0.2, 0) is 4.74 Å². The molecular weight excluding hydrogens is 240 g/mol. The van der Waals surface area contributed by atoms with Gasteiger partial charge in [-0.05, 0) is 44.6 Å². The van der Waals surface area contributed by atoms with Crippen LogP contribution in [0.15, 0.2) is 0 Å². The molecule has 2 rings (SSSR count). The van der Waals surface area contributed by atoms with Crippen LogP contribution in [-0.4, -0.2) is 50.1 Å². The molecule has 4 atom stereocenters. The number of methoxy groups -OCH3 is 1. The topological polar surface area (TPSA) is 53.5 Å². The largest absolute Gasteiger partial charge is 0.396 e. The lowest BCUT2D eigenvalue weighted by Crippen LogP contribution is -2.51. The van der Waals surface area contributed by atoms with Gasteiger partial charge in [0.25, 0.3) is 0 Å². The molecule has 0 spiro atoms. The van der Waals surface area contributed by atoms with Crippen LogP contribution in [0, 0.1) is 5.92 Å². The van der Waals surface area contributed by atoms with Gasteiger partial charge in [-0.3, -0.25) is 0 Å². The van der Waals surface area contributed by atoms with Crippen molar-refractivity contribution in [3.05, 3.63) is 0 Å². The Hall–Kier alpha value is -0.160. The fourth-order valence-electron chi connectivity index (χ4n) is 3.80. The normalized spacial score (nSPS) is 33.5. The van der Waals surface area contributed by atoms with Crippen molar-refractivity contribution in [1.29, 1.82) is 0 Å². The number of ether oxygens (including phenoxy) is 1. The molecule has 1 saturated heterocycles. The van der Waals surface area contributed by atoms with E-state index in [2.05, 4.69) is 10.6 Å². The van der Waals surface area contributed by atoms with Gasteiger partial charge < -0.3 is 20.5 Å². The fourth-order valence-corrected chi connectivity index (χ4v) is 3.80. The summed E-state index contributed by atoms with van der Waals surface area (Å²) in [7, 11) is 1.74. The molecule has 112 valence electrons. The number of aliphatic hydroxyl groups excluding tert-OH is 1. The Labute approximate surface area is 117 Å². The maximum Gasteiger partial charge on any atom is 0.0616 e. The van der Waals surface area contributed by atoms with Crippen LogP contribution in [0.3, 0.4) is 0 Å². The van der Waals surface area contributed by atoms with Crippen molar-refractivity contribution in [2.75, 3.05) is 26.9 Å². The summed E-state index contributed by atoms with van der Waals surface area (Å²) >= 11 is 0. The van der Waals surface area contributed by atoms with E-state index in [0.717, 1.165) is 12.3 Å².